The monoisotopic (exact) mass is 481 g/mol. The van der Waals surface area contributed by atoms with Gasteiger partial charge in [-0.25, -0.2) is 5.43 Å². The Morgan fingerprint density at radius 1 is 1.00 bits per heavy atom. The second kappa shape index (κ2) is 9.90. The SMILES string of the molecule is COc1cc(Br)cc(/C=N\NC(=O)c2ccc(NC(=O)c3ccc(C)cc3)cc2)c1O. The fourth-order valence-corrected chi connectivity index (χ4v) is 3.14. The van der Waals surface area contributed by atoms with Crippen LogP contribution < -0.4 is 15.5 Å². The van der Waals surface area contributed by atoms with Crippen LogP contribution in [-0.4, -0.2) is 30.2 Å². The number of aromatic hydroxyl groups is 1. The van der Waals surface area contributed by atoms with Crippen molar-refractivity contribution in [2.24, 2.45) is 5.10 Å². The summed E-state index contributed by atoms with van der Waals surface area (Å²) in [5.74, 6) is -0.469. The normalized spacial score (nSPS) is 10.7. The van der Waals surface area contributed by atoms with Gasteiger partial charge in [-0.3, -0.25) is 9.59 Å². The fraction of sp³-hybridized carbons (Fsp3) is 0.0870. The molecule has 0 aliphatic rings. The van der Waals surface area contributed by atoms with E-state index in [2.05, 4.69) is 31.8 Å². The number of ether oxygens (including phenoxy) is 1. The minimum absolute atomic E-state index is 0.0858. The van der Waals surface area contributed by atoms with E-state index in [0.29, 0.717) is 26.9 Å². The van der Waals surface area contributed by atoms with Crippen LogP contribution in [0.3, 0.4) is 0 Å². The van der Waals surface area contributed by atoms with Gasteiger partial charge in [0.2, 0.25) is 0 Å². The number of nitrogens with one attached hydrogen (secondary N) is 2. The highest BCUT2D eigenvalue weighted by Crippen LogP contribution is 2.32. The molecule has 7 nitrogen and oxygen atoms in total. The molecule has 0 aliphatic carbocycles. The van der Waals surface area contributed by atoms with Crippen molar-refractivity contribution in [3.8, 4) is 11.5 Å². The molecule has 0 radical (unpaired) electrons. The Balaban J connectivity index is 1.62. The van der Waals surface area contributed by atoms with Crippen LogP contribution in [0.25, 0.3) is 0 Å². The number of phenolic OH excluding ortho intramolecular Hbond substituents is 1. The van der Waals surface area contributed by atoms with Gasteiger partial charge >= 0.3 is 0 Å². The van der Waals surface area contributed by atoms with Crippen LogP contribution in [0.5, 0.6) is 11.5 Å². The molecule has 2 amide bonds. The number of amides is 2. The number of hydrogen-bond donors (Lipinski definition) is 3. The second-order valence-electron chi connectivity index (χ2n) is 6.64. The number of carbonyl (C=O) groups excluding carboxylic acids is 2. The Morgan fingerprint density at radius 3 is 2.26 bits per heavy atom. The Morgan fingerprint density at radius 2 is 1.61 bits per heavy atom. The highest BCUT2D eigenvalue weighted by Gasteiger charge is 2.10. The van der Waals surface area contributed by atoms with E-state index >= 15 is 0 Å². The lowest BCUT2D eigenvalue weighted by Gasteiger charge is -2.07. The molecule has 0 unspecified atom stereocenters. The van der Waals surface area contributed by atoms with Gasteiger partial charge in [0.15, 0.2) is 11.5 Å². The predicted molar refractivity (Wildman–Crippen MR) is 123 cm³/mol. The van der Waals surface area contributed by atoms with E-state index in [9.17, 15) is 14.7 Å². The zero-order valence-electron chi connectivity index (χ0n) is 16.8. The fourth-order valence-electron chi connectivity index (χ4n) is 2.69. The van der Waals surface area contributed by atoms with Crippen molar-refractivity contribution in [2.45, 2.75) is 6.92 Å². The first kappa shape index (κ1) is 22.0. The maximum absolute atomic E-state index is 12.3. The Kier molecular flexibility index (Phi) is 7.04. The number of benzene rings is 3. The first-order valence-corrected chi connectivity index (χ1v) is 10.0. The van der Waals surface area contributed by atoms with Crippen molar-refractivity contribution in [3.05, 3.63) is 87.4 Å². The molecule has 0 bridgehead atoms. The Labute approximate surface area is 187 Å². The molecule has 0 heterocycles. The van der Waals surface area contributed by atoms with E-state index in [-0.39, 0.29) is 17.4 Å². The molecular formula is C23H20BrN3O4. The molecule has 3 aromatic rings. The van der Waals surface area contributed by atoms with Gasteiger partial charge in [0.05, 0.1) is 13.3 Å². The van der Waals surface area contributed by atoms with E-state index in [4.69, 9.17) is 4.74 Å². The number of aryl methyl sites for hydroxylation is 1. The summed E-state index contributed by atoms with van der Waals surface area (Å²) in [6.07, 6.45) is 1.32. The summed E-state index contributed by atoms with van der Waals surface area (Å²) in [7, 11) is 1.44. The smallest absolute Gasteiger partial charge is 0.271 e. The zero-order chi connectivity index (χ0) is 22.4. The van der Waals surface area contributed by atoms with Crippen LogP contribution >= 0.6 is 15.9 Å². The quantitative estimate of drug-likeness (QED) is 0.356. The molecular weight excluding hydrogens is 462 g/mol. The number of phenols is 1. The summed E-state index contributed by atoms with van der Waals surface area (Å²) in [5.41, 5.74) is 5.33. The molecule has 8 heteroatoms. The van der Waals surface area contributed by atoms with Crippen LogP contribution in [0.1, 0.15) is 31.8 Å². The van der Waals surface area contributed by atoms with Gasteiger partial charge < -0.3 is 15.2 Å². The number of methoxy groups -OCH3 is 1. The van der Waals surface area contributed by atoms with Crippen molar-refractivity contribution in [3.63, 3.8) is 0 Å². The maximum Gasteiger partial charge on any atom is 0.271 e. The van der Waals surface area contributed by atoms with Gasteiger partial charge in [-0.05, 0) is 55.5 Å². The summed E-state index contributed by atoms with van der Waals surface area (Å²) < 4.78 is 5.77. The third-order valence-electron chi connectivity index (χ3n) is 4.38. The van der Waals surface area contributed by atoms with Gasteiger partial charge in [-0.15, -0.1) is 0 Å². The molecule has 0 saturated heterocycles. The Hall–Kier alpha value is -3.65. The molecule has 0 aliphatic heterocycles. The van der Waals surface area contributed by atoms with Gasteiger partial charge in [0.1, 0.15) is 0 Å². The predicted octanol–water partition coefficient (Wildman–Crippen LogP) is 4.49. The maximum atomic E-state index is 12.3. The summed E-state index contributed by atoms with van der Waals surface area (Å²) >= 11 is 3.32. The van der Waals surface area contributed by atoms with Gasteiger partial charge in [-0.1, -0.05) is 33.6 Å². The Bertz CT molecular complexity index is 1130. The summed E-state index contributed by atoms with van der Waals surface area (Å²) in [4.78, 5) is 24.6. The van der Waals surface area contributed by atoms with E-state index in [1.54, 1.807) is 48.5 Å². The number of rotatable bonds is 6. The molecule has 0 atom stereocenters. The number of halogens is 1. The third-order valence-corrected chi connectivity index (χ3v) is 4.84. The van der Waals surface area contributed by atoms with Crippen LogP contribution in [-0.2, 0) is 0 Å². The molecule has 0 fully saturated rings. The minimum Gasteiger partial charge on any atom is -0.504 e. The number of anilines is 1. The highest BCUT2D eigenvalue weighted by atomic mass is 79.9. The summed E-state index contributed by atoms with van der Waals surface area (Å²) in [6, 6.07) is 16.9. The lowest BCUT2D eigenvalue weighted by atomic mass is 10.1. The highest BCUT2D eigenvalue weighted by molar-refractivity contribution is 9.10. The molecule has 0 aromatic heterocycles. The first-order chi connectivity index (χ1) is 14.9. The minimum atomic E-state index is -0.436. The molecule has 3 aromatic carbocycles. The van der Waals surface area contributed by atoms with Crippen molar-refractivity contribution < 1.29 is 19.4 Å². The van der Waals surface area contributed by atoms with Crippen molar-refractivity contribution in [1.29, 1.82) is 0 Å². The number of hydrogen-bond acceptors (Lipinski definition) is 5. The number of nitrogens with zero attached hydrogens (tertiary/aromatic N) is 1. The lowest BCUT2D eigenvalue weighted by molar-refractivity contribution is 0.0954. The lowest BCUT2D eigenvalue weighted by Crippen LogP contribution is -2.18. The van der Waals surface area contributed by atoms with E-state index in [1.165, 1.54) is 13.3 Å². The summed E-state index contributed by atoms with van der Waals surface area (Å²) in [5, 5.41) is 16.8. The van der Waals surface area contributed by atoms with Crippen molar-refractivity contribution in [1.82, 2.24) is 5.43 Å². The van der Waals surface area contributed by atoms with Gasteiger partial charge in [0.25, 0.3) is 11.8 Å². The van der Waals surface area contributed by atoms with E-state index in [1.807, 2.05) is 19.1 Å². The molecule has 0 spiro atoms. The van der Waals surface area contributed by atoms with E-state index in [0.717, 1.165) is 5.56 Å². The van der Waals surface area contributed by atoms with Gasteiger partial charge in [-0.2, -0.15) is 5.10 Å². The third kappa shape index (κ3) is 5.70. The van der Waals surface area contributed by atoms with Crippen LogP contribution in [0.15, 0.2) is 70.2 Å². The zero-order valence-corrected chi connectivity index (χ0v) is 18.4. The number of carbonyl (C=O) groups is 2. The second-order valence-corrected chi connectivity index (χ2v) is 7.56. The van der Waals surface area contributed by atoms with Crippen molar-refractivity contribution in [2.75, 3.05) is 12.4 Å². The average molecular weight is 482 g/mol. The summed E-state index contributed by atoms with van der Waals surface area (Å²) in [6.45, 7) is 1.95. The molecule has 31 heavy (non-hydrogen) atoms. The van der Waals surface area contributed by atoms with Crippen LogP contribution in [0.4, 0.5) is 5.69 Å². The molecule has 3 rings (SSSR count). The average Bonchev–Trinajstić information content (AvgIpc) is 2.76. The molecule has 158 valence electrons. The van der Waals surface area contributed by atoms with Crippen LogP contribution in [0.2, 0.25) is 0 Å². The van der Waals surface area contributed by atoms with Crippen LogP contribution in [0, 0.1) is 6.92 Å². The first-order valence-electron chi connectivity index (χ1n) is 9.25. The number of hydrazone groups is 1. The van der Waals surface area contributed by atoms with Gasteiger partial charge in [0, 0.05) is 26.9 Å². The topological polar surface area (TPSA) is 100 Å². The standard InChI is InChI=1S/C23H20BrN3O4/c1-14-3-5-15(6-4-14)22(29)26-19-9-7-16(8-10-19)23(30)27-25-13-17-11-18(24)12-20(31-2)21(17)28/h3-13,28H,1-2H3,(H,26,29)(H,27,30)/b25-13-. The molecule has 3 N–H and O–H groups in total. The van der Waals surface area contributed by atoms with Crippen molar-refractivity contribution >= 4 is 39.6 Å². The largest absolute Gasteiger partial charge is 0.504 e. The molecule has 0 saturated carbocycles. The van der Waals surface area contributed by atoms with E-state index < -0.39 is 5.91 Å².